The summed E-state index contributed by atoms with van der Waals surface area (Å²) in [4.78, 5) is 12.3. The van der Waals surface area contributed by atoms with Crippen molar-refractivity contribution in [2.75, 3.05) is 11.1 Å². The smallest absolute Gasteiger partial charge is 0.265 e. The number of rotatable bonds is 5. The van der Waals surface area contributed by atoms with Gasteiger partial charge >= 0.3 is 0 Å². The molecule has 22 heavy (non-hydrogen) atoms. The molecule has 1 amide bonds. The van der Waals surface area contributed by atoms with Crippen LogP contribution < -0.4 is 15.8 Å². The van der Waals surface area contributed by atoms with Gasteiger partial charge in [0.15, 0.2) is 6.10 Å². The number of nitrogens with two attached hydrogens (primary N) is 1. The molecule has 0 saturated carbocycles. The maximum Gasteiger partial charge on any atom is 0.265 e. The Morgan fingerprint density at radius 3 is 2.68 bits per heavy atom. The van der Waals surface area contributed by atoms with E-state index in [9.17, 15) is 4.79 Å². The summed E-state index contributed by atoms with van der Waals surface area (Å²) in [6, 6.07) is 12.6. The fraction of sp³-hybridized carbons (Fsp3) is 0.235. The molecule has 116 valence electrons. The zero-order chi connectivity index (χ0) is 16.1. The number of ether oxygens (including phenoxy) is 1. The molecule has 2 aromatic carbocycles. The van der Waals surface area contributed by atoms with Gasteiger partial charge in [-0.05, 0) is 43.2 Å². The number of benzene rings is 2. The van der Waals surface area contributed by atoms with E-state index in [-0.39, 0.29) is 5.91 Å². The van der Waals surface area contributed by atoms with Crippen LogP contribution in [0.25, 0.3) is 0 Å². The van der Waals surface area contributed by atoms with E-state index in [1.54, 1.807) is 18.2 Å². The third-order valence-corrected chi connectivity index (χ3v) is 3.63. The number of anilines is 2. The predicted octanol–water partition coefficient (Wildman–Crippen LogP) is 4.03. The highest BCUT2D eigenvalue weighted by molar-refractivity contribution is 6.33. The third-order valence-electron chi connectivity index (χ3n) is 3.29. The van der Waals surface area contributed by atoms with Crippen molar-refractivity contribution >= 4 is 28.9 Å². The molecule has 3 N–H and O–H groups in total. The van der Waals surface area contributed by atoms with Crippen LogP contribution in [0, 0.1) is 6.92 Å². The summed E-state index contributed by atoms with van der Waals surface area (Å²) in [5.74, 6) is 0.493. The van der Waals surface area contributed by atoms with E-state index in [1.807, 2.05) is 38.1 Å². The fourth-order valence-corrected chi connectivity index (χ4v) is 2.13. The lowest BCUT2D eigenvalue weighted by Crippen LogP contribution is -2.32. The Balaban J connectivity index is 2.08. The van der Waals surface area contributed by atoms with E-state index in [1.165, 1.54) is 0 Å². The van der Waals surface area contributed by atoms with Gasteiger partial charge in [-0.15, -0.1) is 0 Å². The van der Waals surface area contributed by atoms with Crippen molar-refractivity contribution in [3.63, 3.8) is 0 Å². The maximum atomic E-state index is 12.3. The zero-order valence-corrected chi connectivity index (χ0v) is 13.4. The van der Waals surface area contributed by atoms with Gasteiger partial charge in [-0.25, -0.2) is 0 Å². The summed E-state index contributed by atoms with van der Waals surface area (Å²) in [5, 5.41) is 3.26. The molecule has 0 spiro atoms. The van der Waals surface area contributed by atoms with E-state index in [0.29, 0.717) is 28.6 Å². The summed E-state index contributed by atoms with van der Waals surface area (Å²) in [5.41, 5.74) is 7.74. The number of halogens is 1. The number of carbonyl (C=O) groups is 1. The molecule has 1 atom stereocenters. The zero-order valence-electron chi connectivity index (χ0n) is 12.6. The molecule has 0 fully saturated rings. The second-order valence-corrected chi connectivity index (χ2v) is 5.41. The molecule has 0 aromatic heterocycles. The molecule has 0 aliphatic rings. The van der Waals surface area contributed by atoms with E-state index >= 15 is 0 Å². The SMILES string of the molecule is CC[C@@H](Oc1ccccc1C)C(=O)Nc1ccc(Cl)c(N)c1. The highest BCUT2D eigenvalue weighted by atomic mass is 35.5. The van der Waals surface area contributed by atoms with Gasteiger partial charge in [0.2, 0.25) is 0 Å². The molecule has 2 rings (SSSR count). The number of amides is 1. The molecule has 0 saturated heterocycles. The van der Waals surface area contributed by atoms with Gasteiger partial charge in [0.1, 0.15) is 5.75 Å². The summed E-state index contributed by atoms with van der Waals surface area (Å²) < 4.78 is 5.81. The minimum absolute atomic E-state index is 0.215. The number of aryl methyl sites for hydroxylation is 1. The van der Waals surface area contributed by atoms with Gasteiger partial charge in [-0.2, -0.15) is 0 Å². The van der Waals surface area contributed by atoms with Gasteiger partial charge < -0.3 is 15.8 Å². The molecule has 0 heterocycles. The maximum absolute atomic E-state index is 12.3. The first-order valence-electron chi connectivity index (χ1n) is 7.09. The lowest BCUT2D eigenvalue weighted by molar-refractivity contribution is -0.122. The topological polar surface area (TPSA) is 64.3 Å². The molecule has 0 aliphatic heterocycles. The minimum Gasteiger partial charge on any atom is -0.480 e. The van der Waals surface area contributed by atoms with Crippen LogP contribution in [-0.4, -0.2) is 12.0 Å². The second-order valence-electron chi connectivity index (χ2n) is 5.01. The van der Waals surface area contributed by atoms with Crippen molar-refractivity contribution in [3.05, 3.63) is 53.1 Å². The normalized spacial score (nSPS) is 11.8. The van der Waals surface area contributed by atoms with Crippen LogP contribution >= 0.6 is 11.6 Å². The minimum atomic E-state index is -0.571. The summed E-state index contributed by atoms with van der Waals surface area (Å²) in [6.07, 6.45) is -0.0125. The van der Waals surface area contributed by atoms with Crippen LogP contribution in [0.2, 0.25) is 5.02 Å². The highest BCUT2D eigenvalue weighted by Gasteiger charge is 2.19. The molecule has 2 aromatic rings. The van der Waals surface area contributed by atoms with Crippen molar-refractivity contribution in [3.8, 4) is 5.75 Å². The Labute approximate surface area is 135 Å². The Hall–Kier alpha value is -2.20. The number of nitrogens with one attached hydrogen (secondary N) is 1. The third kappa shape index (κ3) is 3.92. The van der Waals surface area contributed by atoms with Gasteiger partial charge in [0.05, 0.1) is 10.7 Å². The van der Waals surface area contributed by atoms with Crippen LogP contribution in [0.15, 0.2) is 42.5 Å². The number of hydrogen-bond donors (Lipinski definition) is 2. The first-order valence-corrected chi connectivity index (χ1v) is 7.47. The molecular weight excluding hydrogens is 300 g/mol. The lowest BCUT2D eigenvalue weighted by atomic mass is 10.2. The lowest BCUT2D eigenvalue weighted by Gasteiger charge is -2.18. The van der Waals surface area contributed by atoms with Gasteiger partial charge in [0, 0.05) is 5.69 Å². The number of hydrogen-bond acceptors (Lipinski definition) is 3. The summed E-state index contributed by atoms with van der Waals surface area (Å²) in [6.45, 7) is 3.85. The predicted molar refractivity (Wildman–Crippen MR) is 90.4 cm³/mol. The van der Waals surface area contributed by atoms with Crippen LogP contribution in [0.3, 0.4) is 0 Å². The Kier molecular flexibility index (Phi) is 5.28. The quantitative estimate of drug-likeness (QED) is 0.818. The highest BCUT2D eigenvalue weighted by Crippen LogP contribution is 2.23. The number of nitrogen functional groups attached to an aromatic ring is 1. The average molecular weight is 319 g/mol. The van der Waals surface area contributed by atoms with Crippen LogP contribution in [-0.2, 0) is 4.79 Å². The molecular formula is C17H19ClN2O2. The molecule has 0 bridgehead atoms. The molecule has 0 radical (unpaired) electrons. The van der Waals surface area contributed by atoms with Crippen molar-refractivity contribution in [2.24, 2.45) is 0 Å². The van der Waals surface area contributed by atoms with Crippen molar-refractivity contribution in [1.82, 2.24) is 0 Å². The van der Waals surface area contributed by atoms with Crippen LogP contribution in [0.1, 0.15) is 18.9 Å². The Bertz CT molecular complexity index is 673. The fourth-order valence-electron chi connectivity index (χ4n) is 2.01. The molecule has 4 nitrogen and oxygen atoms in total. The summed E-state index contributed by atoms with van der Waals surface area (Å²) >= 11 is 5.87. The van der Waals surface area contributed by atoms with Gasteiger partial charge in [0.25, 0.3) is 5.91 Å². The van der Waals surface area contributed by atoms with Crippen molar-refractivity contribution in [1.29, 1.82) is 0 Å². The largest absolute Gasteiger partial charge is 0.480 e. The molecule has 0 aliphatic carbocycles. The number of para-hydroxylation sites is 1. The summed E-state index contributed by atoms with van der Waals surface area (Å²) in [7, 11) is 0. The van der Waals surface area contributed by atoms with Gasteiger partial charge in [-0.3, -0.25) is 4.79 Å². The monoisotopic (exact) mass is 318 g/mol. The number of carbonyl (C=O) groups excluding carboxylic acids is 1. The Morgan fingerprint density at radius 2 is 2.05 bits per heavy atom. The Morgan fingerprint density at radius 1 is 1.32 bits per heavy atom. The van der Waals surface area contributed by atoms with Crippen molar-refractivity contribution < 1.29 is 9.53 Å². The van der Waals surface area contributed by atoms with E-state index in [2.05, 4.69) is 5.32 Å². The van der Waals surface area contributed by atoms with Crippen LogP contribution in [0.5, 0.6) is 5.75 Å². The van der Waals surface area contributed by atoms with Gasteiger partial charge in [-0.1, -0.05) is 36.7 Å². The molecule has 0 unspecified atom stereocenters. The molecule has 5 heteroatoms. The second kappa shape index (κ2) is 7.18. The van der Waals surface area contributed by atoms with E-state index in [4.69, 9.17) is 22.1 Å². The van der Waals surface area contributed by atoms with Crippen LogP contribution in [0.4, 0.5) is 11.4 Å². The average Bonchev–Trinajstić information content (AvgIpc) is 2.50. The van der Waals surface area contributed by atoms with Crippen molar-refractivity contribution in [2.45, 2.75) is 26.4 Å². The van der Waals surface area contributed by atoms with E-state index in [0.717, 1.165) is 5.56 Å². The first kappa shape index (κ1) is 16.2. The van der Waals surface area contributed by atoms with E-state index < -0.39 is 6.10 Å². The standard InChI is InChI=1S/C17H19ClN2O2/c1-3-15(22-16-7-5-4-6-11(16)2)17(21)20-12-8-9-13(18)14(19)10-12/h4-10,15H,3,19H2,1-2H3,(H,20,21)/t15-/m1/s1. The first-order chi connectivity index (χ1) is 10.5.